The predicted molar refractivity (Wildman–Crippen MR) is 64.8 cm³/mol. The van der Waals surface area contributed by atoms with Gasteiger partial charge in [0.15, 0.2) is 0 Å². The molecule has 0 radical (unpaired) electrons. The second-order valence-electron chi connectivity index (χ2n) is 4.62. The van der Waals surface area contributed by atoms with E-state index in [2.05, 4.69) is 0 Å². The van der Waals surface area contributed by atoms with Crippen molar-refractivity contribution >= 4 is 0 Å². The number of benzene rings is 1. The van der Waals surface area contributed by atoms with Gasteiger partial charge in [-0.1, -0.05) is 12.5 Å². The smallest absolute Gasteiger partial charge is 0.126 e. The Morgan fingerprint density at radius 2 is 1.88 bits per heavy atom. The summed E-state index contributed by atoms with van der Waals surface area (Å²) >= 11 is 0. The highest BCUT2D eigenvalue weighted by Gasteiger charge is 2.26. The zero-order chi connectivity index (χ0) is 12.3. The highest BCUT2D eigenvalue weighted by Crippen LogP contribution is 2.27. The molecule has 1 aliphatic rings. The first-order valence-electron chi connectivity index (χ1n) is 6.16. The predicted octanol–water partition coefficient (Wildman–Crippen LogP) is 3.47. The lowest BCUT2D eigenvalue weighted by Gasteiger charge is -2.31. The van der Waals surface area contributed by atoms with Crippen LogP contribution in [0, 0.1) is 12.7 Å². The molecule has 0 aromatic heterocycles. The Morgan fingerprint density at radius 1 is 1.18 bits per heavy atom. The Balaban J connectivity index is 2.10. The van der Waals surface area contributed by atoms with Gasteiger partial charge in [0.25, 0.3) is 0 Å². The number of rotatable bonds is 3. The summed E-state index contributed by atoms with van der Waals surface area (Å²) in [4.78, 5) is 0. The van der Waals surface area contributed by atoms with Gasteiger partial charge in [0.05, 0.1) is 6.10 Å². The van der Waals surface area contributed by atoms with Crippen molar-refractivity contribution in [3.8, 4) is 5.75 Å². The summed E-state index contributed by atoms with van der Waals surface area (Å²) < 4.78 is 24.5. The van der Waals surface area contributed by atoms with Crippen LogP contribution in [-0.4, -0.2) is 19.3 Å². The standard InChI is InChI=1S/C14H19FO2/c1-10-7-8-11(15)9-14(10)17-13-6-4-3-5-12(13)16-2/h7-9,12-13H,3-6H2,1-2H3/t12-,13-/m1/s1. The van der Waals surface area contributed by atoms with Crippen LogP contribution < -0.4 is 4.74 Å². The monoisotopic (exact) mass is 238 g/mol. The van der Waals surface area contributed by atoms with Gasteiger partial charge in [-0.3, -0.25) is 0 Å². The van der Waals surface area contributed by atoms with Gasteiger partial charge >= 0.3 is 0 Å². The summed E-state index contributed by atoms with van der Waals surface area (Å²) in [6.07, 6.45) is 4.52. The van der Waals surface area contributed by atoms with Crippen LogP contribution in [0.15, 0.2) is 18.2 Å². The molecule has 94 valence electrons. The Bertz CT molecular complexity index is 378. The van der Waals surface area contributed by atoms with E-state index in [1.54, 1.807) is 13.2 Å². The maximum absolute atomic E-state index is 13.2. The molecule has 1 fully saturated rings. The molecule has 0 N–H and O–H groups in total. The van der Waals surface area contributed by atoms with E-state index in [-0.39, 0.29) is 18.0 Å². The minimum absolute atomic E-state index is 0.0502. The molecule has 0 aliphatic heterocycles. The van der Waals surface area contributed by atoms with Gasteiger partial charge in [0.2, 0.25) is 0 Å². The first-order chi connectivity index (χ1) is 8.20. The van der Waals surface area contributed by atoms with Crippen LogP contribution in [0.5, 0.6) is 5.75 Å². The van der Waals surface area contributed by atoms with Gasteiger partial charge in [0, 0.05) is 13.2 Å². The van der Waals surface area contributed by atoms with E-state index in [9.17, 15) is 4.39 Å². The Hall–Kier alpha value is -1.09. The average molecular weight is 238 g/mol. The molecule has 1 aliphatic carbocycles. The molecule has 2 nitrogen and oxygen atoms in total. The highest BCUT2D eigenvalue weighted by atomic mass is 19.1. The van der Waals surface area contributed by atoms with Gasteiger partial charge < -0.3 is 9.47 Å². The SMILES string of the molecule is CO[C@@H]1CCCC[C@H]1Oc1cc(F)ccc1C. The number of ether oxygens (including phenoxy) is 2. The molecule has 1 aromatic carbocycles. The molecule has 0 heterocycles. The van der Waals surface area contributed by atoms with E-state index in [1.165, 1.54) is 18.6 Å². The van der Waals surface area contributed by atoms with E-state index in [4.69, 9.17) is 9.47 Å². The van der Waals surface area contributed by atoms with Gasteiger partial charge in [-0.05, 0) is 37.8 Å². The lowest BCUT2D eigenvalue weighted by atomic mass is 9.94. The summed E-state index contributed by atoms with van der Waals surface area (Å²) in [7, 11) is 1.71. The molecular weight excluding hydrogens is 219 g/mol. The molecule has 1 saturated carbocycles. The van der Waals surface area contributed by atoms with Crippen molar-refractivity contribution in [3.63, 3.8) is 0 Å². The minimum atomic E-state index is -0.254. The third-order valence-electron chi connectivity index (χ3n) is 3.37. The van der Waals surface area contributed by atoms with Crippen LogP contribution in [0.2, 0.25) is 0 Å². The third-order valence-corrected chi connectivity index (χ3v) is 3.37. The quantitative estimate of drug-likeness (QED) is 0.802. The summed E-state index contributed by atoms with van der Waals surface area (Å²) in [6.45, 7) is 1.93. The summed E-state index contributed by atoms with van der Waals surface area (Å²) in [6, 6.07) is 4.66. The van der Waals surface area contributed by atoms with E-state index in [0.717, 1.165) is 24.8 Å². The van der Waals surface area contributed by atoms with Crippen molar-refractivity contribution in [2.75, 3.05) is 7.11 Å². The van der Waals surface area contributed by atoms with Crippen LogP contribution in [0.1, 0.15) is 31.2 Å². The fourth-order valence-electron chi connectivity index (χ4n) is 2.33. The minimum Gasteiger partial charge on any atom is -0.487 e. The van der Waals surface area contributed by atoms with Crippen LogP contribution in [0.3, 0.4) is 0 Å². The van der Waals surface area contributed by atoms with Crippen molar-refractivity contribution in [2.45, 2.75) is 44.8 Å². The van der Waals surface area contributed by atoms with E-state index in [0.29, 0.717) is 5.75 Å². The lowest BCUT2D eigenvalue weighted by molar-refractivity contribution is -0.0232. The molecule has 3 heteroatoms. The van der Waals surface area contributed by atoms with E-state index < -0.39 is 0 Å². The second kappa shape index (κ2) is 5.50. The Kier molecular flexibility index (Phi) is 4.00. The first kappa shape index (κ1) is 12.4. The molecule has 2 rings (SSSR count). The summed E-state index contributed by atoms with van der Waals surface area (Å²) in [5.41, 5.74) is 0.965. The summed E-state index contributed by atoms with van der Waals surface area (Å²) in [5, 5.41) is 0. The average Bonchev–Trinajstić information content (AvgIpc) is 2.34. The first-order valence-corrected chi connectivity index (χ1v) is 6.16. The lowest BCUT2D eigenvalue weighted by Crippen LogP contribution is -2.36. The molecule has 17 heavy (non-hydrogen) atoms. The van der Waals surface area contributed by atoms with E-state index >= 15 is 0 Å². The van der Waals surface area contributed by atoms with Crippen molar-refractivity contribution in [2.24, 2.45) is 0 Å². The number of hydrogen-bond donors (Lipinski definition) is 0. The van der Waals surface area contributed by atoms with Gasteiger partial charge in [-0.25, -0.2) is 4.39 Å². The topological polar surface area (TPSA) is 18.5 Å². The normalized spacial score (nSPS) is 24.6. The highest BCUT2D eigenvalue weighted by molar-refractivity contribution is 5.32. The number of hydrogen-bond acceptors (Lipinski definition) is 2. The molecule has 0 bridgehead atoms. The zero-order valence-electron chi connectivity index (χ0n) is 10.4. The zero-order valence-corrected chi connectivity index (χ0v) is 10.4. The number of methoxy groups -OCH3 is 1. The van der Waals surface area contributed by atoms with Crippen LogP contribution >= 0.6 is 0 Å². The molecular formula is C14H19FO2. The van der Waals surface area contributed by atoms with Crippen molar-refractivity contribution in [1.29, 1.82) is 0 Å². The Labute approximate surface area is 102 Å². The van der Waals surface area contributed by atoms with Crippen LogP contribution in [-0.2, 0) is 4.74 Å². The maximum atomic E-state index is 13.2. The van der Waals surface area contributed by atoms with Crippen molar-refractivity contribution in [3.05, 3.63) is 29.6 Å². The fourth-order valence-corrected chi connectivity index (χ4v) is 2.33. The van der Waals surface area contributed by atoms with E-state index in [1.807, 2.05) is 6.92 Å². The van der Waals surface area contributed by atoms with Crippen LogP contribution in [0.4, 0.5) is 4.39 Å². The van der Waals surface area contributed by atoms with Gasteiger partial charge in [0.1, 0.15) is 17.7 Å². The fraction of sp³-hybridized carbons (Fsp3) is 0.571. The molecule has 0 amide bonds. The molecule has 2 atom stereocenters. The second-order valence-corrected chi connectivity index (χ2v) is 4.62. The molecule has 0 saturated heterocycles. The summed E-state index contributed by atoms with van der Waals surface area (Å²) in [5.74, 6) is 0.384. The van der Waals surface area contributed by atoms with Gasteiger partial charge in [-0.2, -0.15) is 0 Å². The van der Waals surface area contributed by atoms with Gasteiger partial charge in [-0.15, -0.1) is 0 Å². The number of aryl methyl sites for hydroxylation is 1. The largest absolute Gasteiger partial charge is 0.487 e. The number of halogens is 1. The maximum Gasteiger partial charge on any atom is 0.126 e. The molecule has 0 unspecified atom stereocenters. The van der Waals surface area contributed by atoms with Crippen molar-refractivity contribution < 1.29 is 13.9 Å². The molecule has 0 spiro atoms. The Morgan fingerprint density at radius 3 is 2.59 bits per heavy atom. The third kappa shape index (κ3) is 2.97. The molecule has 1 aromatic rings. The van der Waals surface area contributed by atoms with Crippen LogP contribution in [0.25, 0.3) is 0 Å². The van der Waals surface area contributed by atoms with Crippen molar-refractivity contribution in [1.82, 2.24) is 0 Å².